The third kappa shape index (κ3) is 1.35. The summed E-state index contributed by atoms with van der Waals surface area (Å²) in [6.45, 7) is 0.686. The molecule has 2 saturated heterocycles. The second kappa shape index (κ2) is 3.35. The summed E-state index contributed by atoms with van der Waals surface area (Å²) in [5.41, 5.74) is 1.08. The van der Waals surface area contributed by atoms with Crippen LogP contribution in [0, 0.1) is 0 Å². The van der Waals surface area contributed by atoms with Gasteiger partial charge in [-0.1, -0.05) is 30.3 Å². The SMILES string of the molecule is O=C1CCC2CO[C@H](c3ccccc3)N12. The maximum Gasteiger partial charge on any atom is 0.225 e. The zero-order valence-electron chi connectivity index (χ0n) is 8.43. The lowest BCUT2D eigenvalue weighted by molar-refractivity contribution is -0.134. The van der Waals surface area contributed by atoms with E-state index in [1.54, 1.807) is 0 Å². The molecule has 1 unspecified atom stereocenters. The molecule has 0 spiro atoms. The fourth-order valence-corrected chi connectivity index (χ4v) is 2.40. The summed E-state index contributed by atoms with van der Waals surface area (Å²) in [6.07, 6.45) is 1.48. The minimum Gasteiger partial charge on any atom is -0.352 e. The number of fused-ring (bicyclic) bond motifs is 1. The number of amides is 1. The van der Waals surface area contributed by atoms with Crippen LogP contribution in [-0.4, -0.2) is 23.5 Å². The van der Waals surface area contributed by atoms with Gasteiger partial charge in [0.25, 0.3) is 0 Å². The van der Waals surface area contributed by atoms with Crippen LogP contribution in [0.3, 0.4) is 0 Å². The van der Waals surface area contributed by atoms with Gasteiger partial charge in [-0.25, -0.2) is 0 Å². The highest BCUT2D eigenvalue weighted by molar-refractivity contribution is 5.79. The van der Waals surface area contributed by atoms with Crippen LogP contribution in [0.5, 0.6) is 0 Å². The van der Waals surface area contributed by atoms with Gasteiger partial charge in [-0.15, -0.1) is 0 Å². The number of nitrogens with zero attached hydrogens (tertiary/aromatic N) is 1. The molecule has 1 aromatic carbocycles. The molecule has 0 N–H and O–H groups in total. The molecule has 0 saturated carbocycles. The highest BCUT2D eigenvalue weighted by Gasteiger charge is 2.42. The van der Waals surface area contributed by atoms with E-state index in [9.17, 15) is 4.79 Å². The summed E-state index contributed by atoms with van der Waals surface area (Å²) in [5, 5.41) is 0. The van der Waals surface area contributed by atoms with Gasteiger partial charge in [-0.2, -0.15) is 0 Å². The van der Waals surface area contributed by atoms with Crippen LogP contribution in [0.4, 0.5) is 0 Å². The predicted octanol–water partition coefficient (Wildman–Crippen LogP) is 1.71. The Morgan fingerprint density at radius 1 is 1.27 bits per heavy atom. The molecule has 0 bridgehead atoms. The van der Waals surface area contributed by atoms with Gasteiger partial charge in [0, 0.05) is 12.0 Å². The Kier molecular flexibility index (Phi) is 1.99. The molecule has 3 nitrogen and oxygen atoms in total. The van der Waals surface area contributed by atoms with E-state index >= 15 is 0 Å². The van der Waals surface area contributed by atoms with Crippen LogP contribution in [0.25, 0.3) is 0 Å². The monoisotopic (exact) mass is 203 g/mol. The summed E-state index contributed by atoms with van der Waals surface area (Å²) >= 11 is 0. The lowest BCUT2D eigenvalue weighted by atomic mass is 10.2. The molecule has 78 valence electrons. The number of hydrogen-bond donors (Lipinski definition) is 0. The highest BCUT2D eigenvalue weighted by Crippen LogP contribution is 2.36. The molecule has 15 heavy (non-hydrogen) atoms. The quantitative estimate of drug-likeness (QED) is 0.695. The summed E-state index contributed by atoms with van der Waals surface area (Å²) in [6, 6.07) is 10.3. The van der Waals surface area contributed by atoms with Crippen molar-refractivity contribution in [2.24, 2.45) is 0 Å². The number of ether oxygens (including phenoxy) is 1. The van der Waals surface area contributed by atoms with Crippen LogP contribution in [0.1, 0.15) is 24.6 Å². The Bertz CT molecular complexity index is 376. The topological polar surface area (TPSA) is 29.5 Å². The molecule has 2 heterocycles. The van der Waals surface area contributed by atoms with E-state index in [-0.39, 0.29) is 12.1 Å². The first kappa shape index (κ1) is 8.92. The molecular weight excluding hydrogens is 190 g/mol. The molecular formula is C12H13NO2. The Morgan fingerprint density at radius 2 is 2.07 bits per heavy atom. The van der Waals surface area contributed by atoms with Crippen LogP contribution in [-0.2, 0) is 9.53 Å². The van der Waals surface area contributed by atoms with E-state index in [0.717, 1.165) is 12.0 Å². The number of hydrogen-bond acceptors (Lipinski definition) is 2. The molecule has 1 aromatic rings. The summed E-state index contributed by atoms with van der Waals surface area (Å²) < 4.78 is 5.68. The molecule has 2 aliphatic heterocycles. The standard InChI is InChI=1S/C12H13NO2/c14-11-7-6-10-8-15-12(13(10)11)9-4-2-1-3-5-9/h1-5,10,12H,6-8H2/t10?,12-/m1/s1. The van der Waals surface area contributed by atoms with E-state index in [4.69, 9.17) is 4.74 Å². The number of carbonyl (C=O) groups is 1. The van der Waals surface area contributed by atoms with Gasteiger partial charge < -0.3 is 9.64 Å². The van der Waals surface area contributed by atoms with Crippen molar-refractivity contribution in [2.45, 2.75) is 25.1 Å². The van der Waals surface area contributed by atoms with Crippen molar-refractivity contribution < 1.29 is 9.53 Å². The third-order valence-electron chi connectivity index (χ3n) is 3.16. The van der Waals surface area contributed by atoms with Crippen LogP contribution >= 0.6 is 0 Å². The number of carbonyl (C=O) groups excluding carboxylic acids is 1. The first-order chi connectivity index (χ1) is 7.36. The van der Waals surface area contributed by atoms with Crippen LogP contribution < -0.4 is 0 Å². The Balaban J connectivity index is 1.92. The van der Waals surface area contributed by atoms with Crippen LogP contribution in [0.2, 0.25) is 0 Å². The van der Waals surface area contributed by atoms with Crippen molar-refractivity contribution in [1.82, 2.24) is 4.90 Å². The molecule has 0 aromatic heterocycles. The van der Waals surface area contributed by atoms with Gasteiger partial charge in [0.05, 0.1) is 12.6 Å². The molecule has 1 amide bonds. The molecule has 0 aliphatic carbocycles. The molecule has 2 fully saturated rings. The van der Waals surface area contributed by atoms with Crippen molar-refractivity contribution in [2.75, 3.05) is 6.61 Å². The first-order valence-corrected chi connectivity index (χ1v) is 5.34. The third-order valence-corrected chi connectivity index (χ3v) is 3.16. The summed E-state index contributed by atoms with van der Waals surface area (Å²) in [4.78, 5) is 13.6. The van der Waals surface area contributed by atoms with Crippen LogP contribution in [0.15, 0.2) is 30.3 Å². The normalized spacial score (nSPS) is 29.6. The van der Waals surface area contributed by atoms with Gasteiger partial charge in [0.2, 0.25) is 5.91 Å². The molecule has 2 aliphatic rings. The summed E-state index contributed by atoms with van der Waals surface area (Å²) in [7, 11) is 0. The fraction of sp³-hybridized carbons (Fsp3) is 0.417. The maximum atomic E-state index is 11.7. The Hall–Kier alpha value is -1.35. The number of rotatable bonds is 1. The highest BCUT2D eigenvalue weighted by atomic mass is 16.5. The van der Waals surface area contributed by atoms with Crippen molar-refractivity contribution in [3.05, 3.63) is 35.9 Å². The number of benzene rings is 1. The maximum absolute atomic E-state index is 11.7. The smallest absolute Gasteiger partial charge is 0.225 e. The lowest BCUT2D eigenvalue weighted by Gasteiger charge is -2.22. The minimum atomic E-state index is -0.147. The molecule has 3 heteroatoms. The molecule has 0 radical (unpaired) electrons. The van der Waals surface area contributed by atoms with E-state index < -0.39 is 0 Å². The second-order valence-corrected chi connectivity index (χ2v) is 4.09. The van der Waals surface area contributed by atoms with Gasteiger partial charge in [-0.3, -0.25) is 4.79 Å². The lowest BCUT2D eigenvalue weighted by Crippen LogP contribution is -2.30. The fourth-order valence-electron chi connectivity index (χ4n) is 2.40. The van der Waals surface area contributed by atoms with E-state index in [1.165, 1.54) is 0 Å². The van der Waals surface area contributed by atoms with Crippen molar-refractivity contribution in [3.8, 4) is 0 Å². The van der Waals surface area contributed by atoms with Gasteiger partial charge >= 0.3 is 0 Å². The average molecular weight is 203 g/mol. The van der Waals surface area contributed by atoms with Gasteiger partial charge in [0.15, 0.2) is 6.23 Å². The molecule has 3 rings (SSSR count). The molecule has 2 atom stereocenters. The zero-order valence-corrected chi connectivity index (χ0v) is 8.43. The minimum absolute atomic E-state index is 0.147. The average Bonchev–Trinajstić information content (AvgIpc) is 2.84. The largest absolute Gasteiger partial charge is 0.352 e. The van der Waals surface area contributed by atoms with E-state index in [2.05, 4.69) is 0 Å². The predicted molar refractivity (Wildman–Crippen MR) is 55.0 cm³/mol. The van der Waals surface area contributed by atoms with E-state index in [1.807, 2.05) is 35.2 Å². The first-order valence-electron chi connectivity index (χ1n) is 5.34. The van der Waals surface area contributed by atoms with Crippen molar-refractivity contribution in [1.29, 1.82) is 0 Å². The summed E-state index contributed by atoms with van der Waals surface area (Å²) in [5.74, 6) is 0.228. The van der Waals surface area contributed by atoms with Crippen molar-refractivity contribution in [3.63, 3.8) is 0 Å². The Labute approximate surface area is 88.6 Å². The van der Waals surface area contributed by atoms with Gasteiger partial charge in [-0.05, 0) is 6.42 Å². The Morgan fingerprint density at radius 3 is 2.87 bits per heavy atom. The zero-order chi connectivity index (χ0) is 10.3. The second-order valence-electron chi connectivity index (χ2n) is 4.09. The van der Waals surface area contributed by atoms with Gasteiger partial charge in [0.1, 0.15) is 0 Å². The van der Waals surface area contributed by atoms with E-state index in [0.29, 0.717) is 19.1 Å². The van der Waals surface area contributed by atoms with Crippen molar-refractivity contribution >= 4 is 5.91 Å².